The molecule has 1 saturated heterocycles. The molecule has 43 heavy (non-hydrogen) atoms. The second-order valence-corrected chi connectivity index (χ2v) is 12.2. The molecule has 1 N–H and O–H groups in total. The van der Waals surface area contributed by atoms with Crippen LogP contribution in [0.25, 0.3) is 22.1 Å². The predicted octanol–water partition coefficient (Wildman–Crippen LogP) is 2.50. The Bertz CT molecular complexity index is 1940. The van der Waals surface area contributed by atoms with Gasteiger partial charge in [0.25, 0.3) is 5.56 Å². The Morgan fingerprint density at radius 3 is 2.72 bits per heavy atom. The zero-order chi connectivity index (χ0) is 30.5. The van der Waals surface area contributed by atoms with Crippen LogP contribution in [0.2, 0.25) is 0 Å². The molecule has 12 nitrogen and oxygen atoms in total. The molecule has 1 amide bonds. The van der Waals surface area contributed by atoms with Crippen molar-refractivity contribution in [2.24, 2.45) is 7.05 Å². The lowest BCUT2D eigenvalue weighted by Crippen LogP contribution is -2.49. The highest BCUT2D eigenvalue weighted by atomic mass is 16.6. The third-order valence-electron chi connectivity index (χ3n) is 7.91. The van der Waals surface area contributed by atoms with Gasteiger partial charge in [-0.3, -0.25) is 18.5 Å². The zero-order valence-corrected chi connectivity index (χ0v) is 25.2. The van der Waals surface area contributed by atoms with E-state index in [0.29, 0.717) is 24.9 Å². The molecule has 0 unspecified atom stereocenters. The van der Waals surface area contributed by atoms with Crippen molar-refractivity contribution in [2.45, 2.75) is 78.1 Å². The summed E-state index contributed by atoms with van der Waals surface area (Å²) in [7, 11) is 1.61. The predicted molar refractivity (Wildman–Crippen MR) is 163 cm³/mol. The fourth-order valence-electron chi connectivity index (χ4n) is 6.04. The molecule has 2 aliphatic rings. The highest BCUT2D eigenvalue weighted by Gasteiger charge is 2.29. The molecule has 4 heterocycles. The van der Waals surface area contributed by atoms with E-state index < -0.39 is 22.9 Å². The summed E-state index contributed by atoms with van der Waals surface area (Å²) in [6, 6.07) is 5.84. The first kappa shape index (κ1) is 28.5. The van der Waals surface area contributed by atoms with Crippen LogP contribution in [0, 0.1) is 11.8 Å². The first-order chi connectivity index (χ1) is 20.5. The van der Waals surface area contributed by atoms with Gasteiger partial charge in [0.2, 0.25) is 5.95 Å². The number of benzene rings is 1. The molecule has 0 radical (unpaired) electrons. The van der Waals surface area contributed by atoms with E-state index in [-0.39, 0.29) is 30.3 Å². The topological polar surface area (TPSA) is 129 Å². The molecule has 224 valence electrons. The summed E-state index contributed by atoms with van der Waals surface area (Å²) in [6.45, 7) is 8.52. The van der Waals surface area contributed by atoms with Crippen molar-refractivity contribution in [3.63, 3.8) is 0 Å². The van der Waals surface area contributed by atoms with Crippen LogP contribution >= 0.6 is 0 Å². The van der Waals surface area contributed by atoms with Gasteiger partial charge in [-0.2, -0.15) is 4.98 Å². The number of carbonyl (C=O) groups is 1. The largest absolute Gasteiger partial charge is 0.444 e. The second-order valence-electron chi connectivity index (χ2n) is 12.2. The summed E-state index contributed by atoms with van der Waals surface area (Å²) in [4.78, 5) is 56.4. The lowest BCUT2D eigenvalue weighted by atomic mass is 10.1. The number of fused-ring (bicyclic) bond motifs is 1. The van der Waals surface area contributed by atoms with Crippen LogP contribution in [0.5, 0.6) is 0 Å². The number of aryl methyl sites for hydroxylation is 3. The van der Waals surface area contributed by atoms with Crippen LogP contribution in [0.15, 0.2) is 27.8 Å². The first-order valence-electron chi connectivity index (χ1n) is 14.7. The molecular weight excluding hydrogens is 548 g/mol. The summed E-state index contributed by atoms with van der Waals surface area (Å²) < 4.78 is 9.80. The van der Waals surface area contributed by atoms with E-state index in [2.05, 4.69) is 23.2 Å². The molecule has 6 rings (SSSR count). The van der Waals surface area contributed by atoms with E-state index in [1.807, 2.05) is 37.8 Å². The zero-order valence-electron chi connectivity index (χ0n) is 25.2. The number of amides is 1. The van der Waals surface area contributed by atoms with E-state index in [4.69, 9.17) is 19.7 Å². The number of aromatic nitrogens is 6. The summed E-state index contributed by atoms with van der Waals surface area (Å²) in [5.41, 5.74) is 2.00. The van der Waals surface area contributed by atoms with Crippen LogP contribution in [-0.4, -0.2) is 59.5 Å². The number of ether oxygens (including phenoxy) is 1. The van der Waals surface area contributed by atoms with Crippen molar-refractivity contribution in [3.8, 4) is 11.8 Å². The monoisotopic (exact) mass is 584 g/mol. The van der Waals surface area contributed by atoms with Crippen molar-refractivity contribution in [3.05, 3.63) is 56.1 Å². The van der Waals surface area contributed by atoms with Gasteiger partial charge in [0.05, 0.1) is 24.3 Å². The van der Waals surface area contributed by atoms with Gasteiger partial charge in [-0.05, 0) is 65.0 Å². The third-order valence-corrected chi connectivity index (χ3v) is 7.91. The Morgan fingerprint density at radius 2 is 1.95 bits per heavy atom. The van der Waals surface area contributed by atoms with E-state index in [1.165, 1.54) is 14.7 Å². The maximum absolute atomic E-state index is 14.0. The molecule has 1 atom stereocenters. The molecule has 0 spiro atoms. The highest BCUT2D eigenvalue weighted by Crippen LogP contribution is 2.28. The fraction of sp³-hybridized carbons (Fsp3) is 0.484. The average Bonchev–Trinajstić information content (AvgIpc) is 3.55. The van der Waals surface area contributed by atoms with Gasteiger partial charge in [0.1, 0.15) is 11.4 Å². The lowest BCUT2D eigenvalue weighted by molar-refractivity contribution is 0.0499. The maximum atomic E-state index is 14.0. The van der Waals surface area contributed by atoms with Crippen molar-refractivity contribution in [1.82, 2.24) is 34.0 Å². The SMILES string of the molecule is CC#CCn1c(N2CCC[C@@H](NC(=O)OC(C)(C)C)C2)nc2c1c(=O)n(Cc1nc3c4c(cccc4n1)CC3)c(=O)n2C. The molecule has 1 fully saturated rings. The van der Waals surface area contributed by atoms with Crippen molar-refractivity contribution in [2.75, 3.05) is 18.0 Å². The number of hydrogen-bond donors (Lipinski definition) is 1. The van der Waals surface area contributed by atoms with Gasteiger partial charge < -0.3 is 15.0 Å². The van der Waals surface area contributed by atoms with Gasteiger partial charge in [0.15, 0.2) is 11.2 Å². The number of anilines is 1. The normalized spacial score (nSPS) is 16.4. The standard InChI is InChI=1S/C31H36N8O4/c1-6-7-16-38-25-26(35-28(38)37-15-9-11-20(17-37)32-29(41)43-31(2,3)4)36(5)30(42)39(27(25)40)18-23-33-21-12-8-10-19-13-14-22(34-23)24(19)21/h8,10,12,20H,9,11,13-18H2,1-5H3,(H,32,41)/t20-/m1/s1. The van der Waals surface area contributed by atoms with Crippen molar-refractivity contribution >= 4 is 34.1 Å². The lowest BCUT2D eigenvalue weighted by Gasteiger charge is -2.34. The molecule has 3 aromatic heterocycles. The Kier molecular flexibility index (Phi) is 7.20. The van der Waals surface area contributed by atoms with Crippen LogP contribution in [0.3, 0.4) is 0 Å². The summed E-state index contributed by atoms with van der Waals surface area (Å²) in [5.74, 6) is 6.91. The van der Waals surface area contributed by atoms with Gasteiger partial charge in [-0.1, -0.05) is 18.1 Å². The maximum Gasteiger partial charge on any atom is 0.407 e. The molecular formula is C31H36N8O4. The Balaban J connectivity index is 1.39. The summed E-state index contributed by atoms with van der Waals surface area (Å²) >= 11 is 0. The van der Waals surface area contributed by atoms with Crippen molar-refractivity contribution < 1.29 is 9.53 Å². The average molecular weight is 585 g/mol. The minimum absolute atomic E-state index is 0.0554. The van der Waals surface area contributed by atoms with E-state index in [9.17, 15) is 14.4 Å². The number of nitrogens with zero attached hydrogens (tertiary/aromatic N) is 7. The summed E-state index contributed by atoms with van der Waals surface area (Å²) in [5, 5.41) is 4.04. The molecule has 1 aliphatic carbocycles. The fourth-order valence-corrected chi connectivity index (χ4v) is 6.04. The second kappa shape index (κ2) is 10.9. The van der Waals surface area contributed by atoms with Crippen LogP contribution in [-0.2, 0) is 37.7 Å². The first-order valence-corrected chi connectivity index (χ1v) is 14.7. The van der Waals surface area contributed by atoms with Crippen LogP contribution in [0.4, 0.5) is 10.7 Å². The van der Waals surface area contributed by atoms with Gasteiger partial charge in [-0.25, -0.2) is 19.6 Å². The third kappa shape index (κ3) is 5.35. The van der Waals surface area contributed by atoms with Crippen molar-refractivity contribution in [1.29, 1.82) is 0 Å². The minimum atomic E-state index is -0.603. The summed E-state index contributed by atoms with van der Waals surface area (Å²) in [6.07, 6.45) is 2.83. The van der Waals surface area contributed by atoms with E-state index in [1.54, 1.807) is 18.5 Å². The number of hydrogen-bond acceptors (Lipinski definition) is 8. The van der Waals surface area contributed by atoms with Gasteiger partial charge in [-0.15, -0.1) is 5.92 Å². The molecule has 1 aliphatic heterocycles. The number of rotatable bonds is 5. The minimum Gasteiger partial charge on any atom is -0.444 e. The number of imidazole rings is 1. The number of piperidine rings is 1. The quantitative estimate of drug-likeness (QED) is 0.355. The van der Waals surface area contributed by atoms with E-state index >= 15 is 0 Å². The number of alkyl carbamates (subject to hydrolysis) is 1. The molecule has 4 aromatic rings. The Labute approximate surface area is 248 Å². The molecule has 1 aromatic carbocycles. The number of nitrogens with one attached hydrogen (secondary N) is 1. The highest BCUT2D eigenvalue weighted by molar-refractivity contribution is 5.86. The Morgan fingerprint density at radius 1 is 1.14 bits per heavy atom. The Hall–Kier alpha value is -4.66. The molecule has 0 saturated carbocycles. The number of carbonyl (C=O) groups excluding carboxylic acids is 1. The molecule has 12 heteroatoms. The van der Waals surface area contributed by atoms with Crippen LogP contribution in [0.1, 0.15) is 57.6 Å². The van der Waals surface area contributed by atoms with Crippen LogP contribution < -0.4 is 21.5 Å². The smallest absolute Gasteiger partial charge is 0.407 e. The van der Waals surface area contributed by atoms with E-state index in [0.717, 1.165) is 42.3 Å². The molecule has 0 bridgehead atoms. The van der Waals surface area contributed by atoms with Gasteiger partial charge in [0, 0.05) is 31.6 Å². The van der Waals surface area contributed by atoms with Gasteiger partial charge >= 0.3 is 11.8 Å².